The summed E-state index contributed by atoms with van der Waals surface area (Å²) in [5.41, 5.74) is 0. The van der Waals surface area contributed by atoms with Gasteiger partial charge in [-0.05, 0) is 12.3 Å². The van der Waals surface area contributed by atoms with E-state index in [4.69, 9.17) is 0 Å². The molecule has 0 aromatic carbocycles. The second-order valence-electron chi connectivity index (χ2n) is 3.68. The summed E-state index contributed by atoms with van der Waals surface area (Å²) in [6.45, 7) is 1.75. The Morgan fingerprint density at radius 2 is 1.60 bits per heavy atom. The van der Waals surface area contributed by atoms with Crippen LogP contribution in [0.15, 0.2) is 0 Å². The molecule has 0 amide bonds. The molecule has 3 unspecified atom stereocenters. The van der Waals surface area contributed by atoms with Gasteiger partial charge in [-0.15, -0.1) is 0 Å². The minimum absolute atomic E-state index is 0. The summed E-state index contributed by atoms with van der Waals surface area (Å²) >= 11 is 0. The van der Waals surface area contributed by atoms with Crippen molar-refractivity contribution < 1.29 is 78.9 Å². The molecule has 0 aliphatic heterocycles. The van der Waals surface area contributed by atoms with Crippen molar-refractivity contribution in [2.45, 2.75) is 26.2 Å². The van der Waals surface area contributed by atoms with Gasteiger partial charge in [0, 0.05) is 23.8 Å². The van der Waals surface area contributed by atoms with E-state index in [-0.39, 0.29) is 65.0 Å². The van der Waals surface area contributed by atoms with E-state index in [1.165, 1.54) is 0 Å². The summed E-state index contributed by atoms with van der Waals surface area (Å²) < 4.78 is 0. The Bertz CT molecular complexity index is 232. The molecule has 0 N–H and O–H groups in total. The van der Waals surface area contributed by atoms with Gasteiger partial charge in [0.15, 0.2) is 0 Å². The molecule has 15 heavy (non-hydrogen) atoms. The zero-order valence-electron chi connectivity index (χ0n) is 9.49. The maximum Gasteiger partial charge on any atom is 1.00 e. The SMILES string of the molecule is CC1CCCC(C(=O)[O-])C1C(=O)[O-].[Na+].[Na+]. The van der Waals surface area contributed by atoms with Crippen molar-refractivity contribution in [3.8, 4) is 0 Å². The molecule has 74 valence electrons. The van der Waals surface area contributed by atoms with Crippen molar-refractivity contribution in [3.05, 3.63) is 0 Å². The molecule has 0 radical (unpaired) electrons. The number of hydrogen-bond acceptors (Lipinski definition) is 4. The first kappa shape index (κ1) is 18.3. The van der Waals surface area contributed by atoms with E-state index in [9.17, 15) is 19.8 Å². The molecule has 0 bridgehead atoms. The van der Waals surface area contributed by atoms with Crippen molar-refractivity contribution in [3.63, 3.8) is 0 Å². The molecule has 0 saturated heterocycles. The molecule has 1 saturated carbocycles. The fourth-order valence-electron chi connectivity index (χ4n) is 2.08. The Morgan fingerprint density at radius 3 is 1.93 bits per heavy atom. The van der Waals surface area contributed by atoms with E-state index in [0.717, 1.165) is 12.8 Å². The number of aliphatic carboxylic acids is 2. The van der Waals surface area contributed by atoms with Crippen LogP contribution in [-0.2, 0) is 9.59 Å². The first-order valence-corrected chi connectivity index (χ1v) is 4.45. The van der Waals surface area contributed by atoms with Crippen LogP contribution in [0.25, 0.3) is 0 Å². The number of hydrogen-bond donors (Lipinski definition) is 0. The summed E-state index contributed by atoms with van der Waals surface area (Å²) in [5, 5.41) is 21.3. The average Bonchev–Trinajstić information content (AvgIpc) is 2.02. The molecule has 0 spiro atoms. The maximum atomic E-state index is 10.7. The third kappa shape index (κ3) is 4.75. The zero-order chi connectivity index (χ0) is 10.0. The Kier molecular flexibility index (Phi) is 9.88. The largest absolute Gasteiger partial charge is 1.00 e. The van der Waals surface area contributed by atoms with E-state index in [1.54, 1.807) is 6.92 Å². The molecule has 0 aromatic rings. The summed E-state index contributed by atoms with van der Waals surface area (Å²) in [5.74, 6) is -4.39. The van der Waals surface area contributed by atoms with Gasteiger partial charge in [-0.25, -0.2) is 0 Å². The Labute approximate surface area is 133 Å². The van der Waals surface area contributed by atoms with Gasteiger partial charge in [-0.1, -0.05) is 19.8 Å². The Hall–Kier alpha value is 0.940. The van der Waals surface area contributed by atoms with E-state index in [2.05, 4.69) is 0 Å². The molecule has 6 heteroatoms. The summed E-state index contributed by atoms with van der Waals surface area (Å²) in [7, 11) is 0. The summed E-state index contributed by atoms with van der Waals surface area (Å²) in [6.07, 6.45) is 1.90. The first-order chi connectivity index (χ1) is 6.04. The minimum atomic E-state index is -1.26. The maximum absolute atomic E-state index is 10.7. The van der Waals surface area contributed by atoms with Gasteiger partial charge in [0.1, 0.15) is 0 Å². The van der Waals surface area contributed by atoms with Crippen LogP contribution in [0.2, 0.25) is 0 Å². The van der Waals surface area contributed by atoms with Crippen molar-refractivity contribution in [2.75, 3.05) is 0 Å². The van der Waals surface area contributed by atoms with Gasteiger partial charge in [-0.3, -0.25) is 0 Å². The predicted octanol–water partition coefficient (Wildman–Crippen LogP) is -7.45. The fraction of sp³-hybridized carbons (Fsp3) is 0.778. The number of carboxylic acid groups (broad SMARTS) is 2. The van der Waals surface area contributed by atoms with E-state index < -0.39 is 23.8 Å². The molecule has 1 fully saturated rings. The topological polar surface area (TPSA) is 80.3 Å². The molecule has 0 aromatic heterocycles. The van der Waals surface area contributed by atoms with Crippen LogP contribution >= 0.6 is 0 Å². The molecule has 3 atom stereocenters. The van der Waals surface area contributed by atoms with Gasteiger partial charge in [0.2, 0.25) is 0 Å². The van der Waals surface area contributed by atoms with E-state index in [0.29, 0.717) is 6.42 Å². The molecule has 1 aliphatic carbocycles. The predicted molar refractivity (Wildman–Crippen MR) is 40.0 cm³/mol. The van der Waals surface area contributed by atoms with Crippen LogP contribution in [0.4, 0.5) is 0 Å². The molecule has 0 heterocycles. The monoisotopic (exact) mass is 230 g/mol. The van der Waals surface area contributed by atoms with E-state index >= 15 is 0 Å². The fourth-order valence-corrected chi connectivity index (χ4v) is 2.08. The van der Waals surface area contributed by atoms with Crippen LogP contribution < -0.4 is 69.3 Å². The first-order valence-electron chi connectivity index (χ1n) is 4.45. The van der Waals surface area contributed by atoms with Gasteiger partial charge in [-0.2, -0.15) is 0 Å². The van der Waals surface area contributed by atoms with Crippen molar-refractivity contribution in [1.82, 2.24) is 0 Å². The Balaban J connectivity index is 0. The van der Waals surface area contributed by atoms with Crippen LogP contribution in [0.1, 0.15) is 26.2 Å². The van der Waals surface area contributed by atoms with Gasteiger partial charge < -0.3 is 19.8 Å². The van der Waals surface area contributed by atoms with Crippen LogP contribution in [-0.4, -0.2) is 11.9 Å². The van der Waals surface area contributed by atoms with Crippen LogP contribution in [0, 0.1) is 17.8 Å². The molecular formula is C9H12Na2O4. The second kappa shape index (κ2) is 8.09. The molecule has 1 aliphatic rings. The normalized spacial score (nSPS) is 29.5. The average molecular weight is 230 g/mol. The van der Waals surface area contributed by atoms with Gasteiger partial charge in [0.25, 0.3) is 0 Å². The van der Waals surface area contributed by atoms with Crippen molar-refractivity contribution >= 4 is 11.9 Å². The third-order valence-corrected chi connectivity index (χ3v) is 2.80. The Morgan fingerprint density at radius 1 is 1.07 bits per heavy atom. The minimum Gasteiger partial charge on any atom is -0.550 e. The quantitative estimate of drug-likeness (QED) is 0.441. The van der Waals surface area contributed by atoms with E-state index in [1.807, 2.05) is 0 Å². The number of carbonyl (C=O) groups excluding carboxylic acids is 2. The smallest absolute Gasteiger partial charge is 0.550 e. The standard InChI is InChI=1S/C9H14O4.2Na/c1-5-3-2-4-6(8(10)11)7(5)9(12)13;;/h5-7H,2-4H2,1H3,(H,10,11)(H,12,13);;/q;2*+1/p-2. The van der Waals surface area contributed by atoms with Crippen molar-refractivity contribution in [1.29, 1.82) is 0 Å². The third-order valence-electron chi connectivity index (χ3n) is 2.80. The number of carboxylic acids is 2. The number of carbonyl (C=O) groups is 2. The second-order valence-corrected chi connectivity index (χ2v) is 3.68. The zero-order valence-corrected chi connectivity index (χ0v) is 13.5. The van der Waals surface area contributed by atoms with Crippen molar-refractivity contribution in [2.24, 2.45) is 17.8 Å². The molecular weight excluding hydrogens is 218 g/mol. The summed E-state index contributed by atoms with van der Waals surface area (Å²) in [4.78, 5) is 21.3. The van der Waals surface area contributed by atoms with Gasteiger partial charge >= 0.3 is 59.1 Å². The molecule has 4 nitrogen and oxygen atoms in total. The summed E-state index contributed by atoms with van der Waals surface area (Å²) in [6, 6.07) is 0. The molecule has 1 rings (SSSR count). The number of rotatable bonds is 2. The van der Waals surface area contributed by atoms with Crippen LogP contribution in [0.3, 0.4) is 0 Å². The van der Waals surface area contributed by atoms with Gasteiger partial charge in [0.05, 0.1) is 0 Å². The van der Waals surface area contributed by atoms with Crippen LogP contribution in [0.5, 0.6) is 0 Å².